The fraction of sp³-hybridized carbons (Fsp3) is 0.382. The molecule has 0 aromatic heterocycles. The van der Waals surface area contributed by atoms with Crippen LogP contribution in [0.4, 0.5) is 0 Å². The zero-order valence-electron chi connectivity index (χ0n) is 25.9. The lowest BCUT2D eigenvalue weighted by atomic mass is 9.96. The lowest BCUT2D eigenvalue weighted by Crippen LogP contribution is -2.48. The van der Waals surface area contributed by atoms with Gasteiger partial charge in [-0.2, -0.15) is 0 Å². The van der Waals surface area contributed by atoms with Crippen LogP contribution in [0, 0.1) is 5.92 Å². The van der Waals surface area contributed by atoms with Crippen LogP contribution in [0.25, 0.3) is 0 Å². The molecule has 0 saturated carbocycles. The van der Waals surface area contributed by atoms with E-state index in [0.717, 1.165) is 25.7 Å². The van der Waals surface area contributed by atoms with Gasteiger partial charge in [-0.25, -0.2) is 5.48 Å². The van der Waals surface area contributed by atoms with Crippen LogP contribution in [0.1, 0.15) is 56.8 Å². The van der Waals surface area contributed by atoms with Crippen molar-refractivity contribution in [3.63, 3.8) is 0 Å². The largest absolute Gasteiger partial charge is 0.492 e. The van der Waals surface area contributed by atoms with Crippen LogP contribution in [-0.4, -0.2) is 75.2 Å². The average molecular weight is 648 g/mol. The summed E-state index contributed by atoms with van der Waals surface area (Å²) in [7, 11) is 1.39. The number of fused-ring (bicyclic) bond motifs is 2. The Kier molecular flexibility index (Phi) is 9.81. The first-order valence-corrected chi connectivity index (χ1v) is 15.6. The topological polar surface area (TPSA) is 163 Å². The summed E-state index contributed by atoms with van der Waals surface area (Å²) in [6.45, 7) is 1.03. The van der Waals surface area contributed by atoms with Crippen molar-refractivity contribution in [3.8, 4) is 34.5 Å². The first-order valence-electron chi connectivity index (χ1n) is 15.6. The minimum atomic E-state index is -0.787. The van der Waals surface area contributed by atoms with Crippen LogP contribution in [-0.2, 0) is 0 Å². The molecule has 3 aliphatic rings. The van der Waals surface area contributed by atoms with Gasteiger partial charge in [0.2, 0.25) is 0 Å². The van der Waals surface area contributed by atoms with Gasteiger partial charge in [0.15, 0.2) is 34.5 Å². The van der Waals surface area contributed by atoms with Gasteiger partial charge in [0.05, 0.1) is 36.3 Å². The van der Waals surface area contributed by atoms with E-state index >= 15 is 0 Å². The highest BCUT2D eigenvalue weighted by atomic mass is 16.6. The molecule has 0 saturated heterocycles. The SMILES string of the molecule is COc1c(OC[C@@H]2Oc3c4cccc3C(=O)NCCCCCCNC(=O)c3cccc5c3OCC2[C@H](CO4)O5)cccc1C(=O)NO. The van der Waals surface area contributed by atoms with Gasteiger partial charge in [-0.05, 0) is 49.2 Å². The van der Waals surface area contributed by atoms with Crippen LogP contribution in [0.15, 0.2) is 54.6 Å². The fourth-order valence-electron chi connectivity index (χ4n) is 5.93. The van der Waals surface area contributed by atoms with E-state index < -0.39 is 24.0 Å². The van der Waals surface area contributed by atoms with Gasteiger partial charge in [-0.15, -0.1) is 0 Å². The number of rotatable bonds is 5. The second-order valence-electron chi connectivity index (χ2n) is 11.4. The standard InChI is InChI=1S/C34H37N3O10/c1-42-29-20(34(40)37-41)9-6-12-24(29)43-19-28-23-17-45-30-21-10-8-14-26(30)46-27(23)18-44-25-13-7-11-22(31(25)47-28)33(39)36-16-5-3-2-4-15-35-32(21)38/h6-14,23,27-28,41H,2-5,15-19H2,1H3,(H,35,38)(H,36,39)(H,37,40)/t23?,27-,28-/m0/s1. The van der Waals surface area contributed by atoms with Crippen molar-refractivity contribution in [1.29, 1.82) is 0 Å². The predicted molar refractivity (Wildman–Crippen MR) is 167 cm³/mol. The number of hydrogen-bond donors (Lipinski definition) is 4. The predicted octanol–water partition coefficient (Wildman–Crippen LogP) is 3.52. The van der Waals surface area contributed by atoms with Crippen LogP contribution < -0.4 is 44.5 Å². The molecule has 3 aliphatic heterocycles. The monoisotopic (exact) mass is 647 g/mol. The van der Waals surface area contributed by atoms with E-state index in [0.29, 0.717) is 41.5 Å². The summed E-state index contributed by atoms with van der Waals surface area (Å²) < 4.78 is 37.4. The maximum atomic E-state index is 13.4. The molecule has 1 unspecified atom stereocenters. The van der Waals surface area contributed by atoms with E-state index in [1.165, 1.54) is 13.2 Å². The number of nitrogens with one attached hydrogen (secondary N) is 3. The summed E-state index contributed by atoms with van der Waals surface area (Å²) >= 11 is 0. The summed E-state index contributed by atoms with van der Waals surface area (Å²) in [5, 5.41) is 15.2. The van der Waals surface area contributed by atoms with Crippen molar-refractivity contribution < 1.29 is 48.0 Å². The summed E-state index contributed by atoms with van der Waals surface area (Å²) in [6.07, 6.45) is 1.95. The quantitative estimate of drug-likeness (QED) is 0.238. The molecule has 3 aromatic rings. The Hall–Kier alpha value is -5.17. The molecular formula is C34H37N3O10. The number of benzene rings is 3. The maximum absolute atomic E-state index is 13.4. The van der Waals surface area contributed by atoms with Gasteiger partial charge < -0.3 is 39.1 Å². The second-order valence-corrected chi connectivity index (χ2v) is 11.4. The third-order valence-electron chi connectivity index (χ3n) is 8.38. The fourth-order valence-corrected chi connectivity index (χ4v) is 5.93. The Labute approximate surface area is 271 Å². The van der Waals surface area contributed by atoms with Crippen LogP contribution in [0.3, 0.4) is 0 Å². The highest BCUT2D eigenvalue weighted by molar-refractivity contribution is 5.98. The van der Waals surface area contributed by atoms with Gasteiger partial charge in [0.1, 0.15) is 25.4 Å². The number of hydrogen-bond acceptors (Lipinski definition) is 10. The zero-order valence-corrected chi connectivity index (χ0v) is 25.9. The summed E-state index contributed by atoms with van der Waals surface area (Å²) in [6, 6.07) is 15.0. The minimum Gasteiger partial charge on any atom is -0.492 e. The van der Waals surface area contributed by atoms with E-state index in [2.05, 4.69) is 10.6 Å². The van der Waals surface area contributed by atoms with Gasteiger partial charge in [-0.1, -0.05) is 31.0 Å². The van der Waals surface area contributed by atoms with E-state index in [9.17, 15) is 19.6 Å². The first kappa shape index (κ1) is 31.8. The zero-order chi connectivity index (χ0) is 32.8. The molecular weight excluding hydrogens is 610 g/mol. The summed E-state index contributed by atoms with van der Waals surface area (Å²) in [4.78, 5) is 39.0. The first-order chi connectivity index (χ1) is 23.0. The second kappa shape index (κ2) is 14.5. The molecule has 0 spiro atoms. The number of amides is 3. The van der Waals surface area contributed by atoms with Gasteiger partial charge in [-0.3, -0.25) is 19.6 Å². The van der Waals surface area contributed by atoms with E-state index in [1.54, 1.807) is 54.0 Å². The van der Waals surface area contributed by atoms with Gasteiger partial charge in [0.25, 0.3) is 17.7 Å². The molecule has 47 heavy (non-hydrogen) atoms. The van der Waals surface area contributed by atoms with Crippen molar-refractivity contribution in [2.75, 3.05) is 40.0 Å². The number of carbonyl (C=O) groups is 3. The Balaban J connectivity index is 1.40. The molecule has 4 N–H and O–H groups in total. The van der Waals surface area contributed by atoms with Crippen LogP contribution in [0.2, 0.25) is 0 Å². The molecule has 0 radical (unpaired) electrons. The van der Waals surface area contributed by atoms with Crippen LogP contribution in [0.5, 0.6) is 34.5 Å². The molecule has 3 bridgehead atoms. The van der Waals surface area contributed by atoms with E-state index in [1.807, 2.05) is 0 Å². The molecule has 13 nitrogen and oxygen atoms in total. The highest BCUT2D eigenvalue weighted by Crippen LogP contribution is 2.41. The molecule has 6 rings (SSSR count). The Morgan fingerprint density at radius 3 is 2.23 bits per heavy atom. The lowest BCUT2D eigenvalue weighted by Gasteiger charge is -2.35. The van der Waals surface area contributed by atoms with Crippen LogP contribution >= 0.6 is 0 Å². The third-order valence-corrected chi connectivity index (χ3v) is 8.38. The van der Waals surface area contributed by atoms with Crippen molar-refractivity contribution in [3.05, 3.63) is 71.3 Å². The summed E-state index contributed by atoms with van der Waals surface area (Å²) in [5.74, 6) is -0.220. The Morgan fingerprint density at radius 1 is 0.851 bits per heavy atom. The van der Waals surface area contributed by atoms with Crippen molar-refractivity contribution in [2.24, 2.45) is 5.92 Å². The van der Waals surface area contributed by atoms with Gasteiger partial charge >= 0.3 is 0 Å². The normalized spacial score (nSPS) is 20.9. The third kappa shape index (κ3) is 6.85. The minimum absolute atomic E-state index is 0.0626. The average Bonchev–Trinajstić information content (AvgIpc) is 3.27. The highest BCUT2D eigenvalue weighted by Gasteiger charge is 2.41. The molecule has 3 aromatic carbocycles. The molecule has 248 valence electrons. The molecule has 3 amide bonds. The molecule has 3 atom stereocenters. The van der Waals surface area contributed by atoms with Crippen molar-refractivity contribution in [2.45, 2.75) is 37.9 Å². The van der Waals surface area contributed by atoms with Crippen molar-refractivity contribution >= 4 is 17.7 Å². The maximum Gasteiger partial charge on any atom is 0.278 e. The molecule has 0 fully saturated rings. The Bertz CT molecular complexity index is 1630. The lowest BCUT2D eigenvalue weighted by molar-refractivity contribution is -0.0251. The number of para-hydroxylation sites is 3. The van der Waals surface area contributed by atoms with E-state index in [4.69, 9.17) is 28.4 Å². The molecule has 0 aliphatic carbocycles. The molecule has 13 heteroatoms. The van der Waals surface area contributed by atoms with E-state index in [-0.39, 0.29) is 54.4 Å². The Morgan fingerprint density at radius 2 is 1.53 bits per heavy atom. The number of ether oxygens (including phenoxy) is 6. The smallest absolute Gasteiger partial charge is 0.278 e. The molecule has 3 heterocycles. The number of carbonyl (C=O) groups excluding carboxylic acids is 3. The van der Waals surface area contributed by atoms with Gasteiger partial charge in [0, 0.05) is 13.1 Å². The summed E-state index contributed by atoms with van der Waals surface area (Å²) in [5.41, 5.74) is 2.34. The van der Waals surface area contributed by atoms with Crippen molar-refractivity contribution in [1.82, 2.24) is 16.1 Å². The number of hydroxylamine groups is 1. The number of methoxy groups -OCH3 is 1.